The second kappa shape index (κ2) is 8.88. The van der Waals surface area contributed by atoms with Gasteiger partial charge in [-0.3, -0.25) is 9.89 Å². The Bertz CT molecular complexity index is 933. The molecule has 6 nitrogen and oxygen atoms in total. The maximum Gasteiger partial charge on any atom is 0.234 e. The average molecular weight is 407 g/mol. The first-order chi connectivity index (χ1) is 13.0. The van der Waals surface area contributed by atoms with Crippen molar-refractivity contribution in [2.45, 2.75) is 18.7 Å². The summed E-state index contributed by atoms with van der Waals surface area (Å²) in [7, 11) is 0. The molecule has 0 aliphatic carbocycles. The highest BCUT2D eigenvalue weighted by Crippen LogP contribution is 2.22. The fraction of sp³-hybridized carbons (Fsp3) is 0.167. The Hall–Kier alpha value is -2.58. The first kappa shape index (κ1) is 19.2. The number of benzene rings is 2. The number of halogens is 2. The maximum absolute atomic E-state index is 12.9. The number of carbonyl (C=O) groups excluding carboxylic acids is 1. The lowest BCUT2D eigenvalue weighted by Gasteiger charge is -2.05. The van der Waals surface area contributed by atoms with Crippen molar-refractivity contribution in [3.63, 3.8) is 0 Å². The highest BCUT2D eigenvalue weighted by atomic mass is 35.5. The lowest BCUT2D eigenvalue weighted by atomic mass is 10.2. The third kappa shape index (κ3) is 5.70. The molecule has 0 fully saturated rings. The van der Waals surface area contributed by atoms with Gasteiger partial charge in [-0.2, -0.15) is 0 Å². The summed E-state index contributed by atoms with van der Waals surface area (Å²) in [5.74, 6) is 0.772. The largest absolute Gasteiger partial charge is 0.486 e. The van der Waals surface area contributed by atoms with Crippen molar-refractivity contribution < 1.29 is 13.9 Å². The Balaban J connectivity index is 1.46. The van der Waals surface area contributed by atoms with E-state index < -0.39 is 0 Å². The number of hydrogen-bond donors (Lipinski definition) is 2. The van der Waals surface area contributed by atoms with Gasteiger partial charge in [0.25, 0.3) is 0 Å². The Morgan fingerprint density at radius 1 is 1.30 bits per heavy atom. The number of hydrogen-bond acceptors (Lipinski definition) is 5. The molecule has 1 amide bonds. The lowest BCUT2D eigenvalue weighted by molar-refractivity contribution is -0.113. The normalized spacial score (nSPS) is 10.6. The number of amides is 1. The summed E-state index contributed by atoms with van der Waals surface area (Å²) in [6.07, 6.45) is 0. The summed E-state index contributed by atoms with van der Waals surface area (Å²) < 4.78 is 18.5. The second-order valence-electron chi connectivity index (χ2n) is 5.61. The van der Waals surface area contributed by atoms with Gasteiger partial charge in [0.2, 0.25) is 11.1 Å². The minimum atomic E-state index is -0.355. The maximum atomic E-state index is 12.9. The van der Waals surface area contributed by atoms with Gasteiger partial charge in [0.1, 0.15) is 18.2 Å². The van der Waals surface area contributed by atoms with Crippen molar-refractivity contribution in [3.8, 4) is 5.75 Å². The van der Waals surface area contributed by atoms with Crippen LogP contribution in [0.15, 0.2) is 47.6 Å². The summed E-state index contributed by atoms with van der Waals surface area (Å²) in [6.45, 7) is 2.12. The number of nitrogens with one attached hydrogen (secondary N) is 2. The van der Waals surface area contributed by atoms with Crippen LogP contribution in [0.3, 0.4) is 0 Å². The summed E-state index contributed by atoms with van der Waals surface area (Å²) in [6, 6.07) is 11.0. The van der Waals surface area contributed by atoms with Gasteiger partial charge >= 0.3 is 0 Å². The zero-order valence-electron chi connectivity index (χ0n) is 14.3. The molecule has 0 saturated heterocycles. The number of aryl methyl sites for hydroxylation is 1. The van der Waals surface area contributed by atoms with E-state index >= 15 is 0 Å². The Labute approximate surface area is 164 Å². The second-order valence-corrected chi connectivity index (χ2v) is 6.96. The molecule has 1 heterocycles. The summed E-state index contributed by atoms with van der Waals surface area (Å²) in [5.41, 5.74) is 1.46. The highest BCUT2D eigenvalue weighted by molar-refractivity contribution is 7.99. The molecule has 0 saturated carbocycles. The van der Waals surface area contributed by atoms with Crippen LogP contribution in [0.2, 0.25) is 5.02 Å². The molecule has 0 unspecified atom stereocenters. The molecule has 2 N–H and O–H groups in total. The zero-order chi connectivity index (χ0) is 19.2. The molecule has 0 radical (unpaired) electrons. The molecule has 9 heteroatoms. The van der Waals surface area contributed by atoms with Crippen LogP contribution in [0, 0.1) is 12.7 Å². The van der Waals surface area contributed by atoms with Crippen molar-refractivity contribution in [2.24, 2.45) is 0 Å². The van der Waals surface area contributed by atoms with Gasteiger partial charge < -0.3 is 10.1 Å². The first-order valence-corrected chi connectivity index (χ1v) is 9.34. The molecule has 3 rings (SSSR count). The number of aromatic amines is 1. The van der Waals surface area contributed by atoms with Crippen LogP contribution < -0.4 is 10.1 Å². The molecular weight excluding hydrogens is 391 g/mol. The molecule has 3 aromatic rings. The fourth-order valence-corrected chi connectivity index (χ4v) is 2.86. The monoisotopic (exact) mass is 406 g/mol. The van der Waals surface area contributed by atoms with Crippen molar-refractivity contribution in [1.82, 2.24) is 15.2 Å². The van der Waals surface area contributed by atoms with E-state index in [-0.39, 0.29) is 24.1 Å². The highest BCUT2D eigenvalue weighted by Gasteiger charge is 2.09. The predicted octanol–water partition coefficient (Wildman–Crippen LogP) is 4.22. The Kier molecular flexibility index (Phi) is 6.31. The molecule has 1 aromatic heterocycles. The predicted molar refractivity (Wildman–Crippen MR) is 103 cm³/mol. The molecule has 27 heavy (non-hydrogen) atoms. The third-order valence-electron chi connectivity index (χ3n) is 3.48. The SMILES string of the molecule is Cc1cc(OCc2nc(SCC(=O)Nc3ccc(F)cc3)n[nH]2)ccc1Cl. The number of rotatable bonds is 7. The van der Waals surface area contributed by atoms with Crippen LogP contribution in [-0.4, -0.2) is 26.8 Å². The van der Waals surface area contributed by atoms with Crippen LogP contribution >= 0.6 is 23.4 Å². The van der Waals surface area contributed by atoms with Crippen molar-refractivity contribution in [1.29, 1.82) is 0 Å². The van der Waals surface area contributed by atoms with Gasteiger partial charge in [-0.15, -0.1) is 5.10 Å². The van der Waals surface area contributed by atoms with Crippen molar-refractivity contribution in [2.75, 3.05) is 11.1 Å². The number of H-pyrrole nitrogens is 1. The van der Waals surface area contributed by atoms with Gasteiger partial charge in [-0.25, -0.2) is 9.37 Å². The molecule has 0 spiro atoms. The van der Waals surface area contributed by atoms with Gasteiger partial charge in [0.05, 0.1) is 5.75 Å². The number of anilines is 1. The van der Waals surface area contributed by atoms with Gasteiger partial charge in [-0.05, 0) is 55.0 Å². The molecule has 0 bridgehead atoms. The number of nitrogens with zero attached hydrogens (tertiary/aromatic N) is 2. The van der Waals surface area contributed by atoms with Crippen LogP contribution in [-0.2, 0) is 11.4 Å². The average Bonchev–Trinajstić information content (AvgIpc) is 3.11. The van der Waals surface area contributed by atoms with E-state index in [0.717, 1.165) is 5.56 Å². The van der Waals surface area contributed by atoms with Gasteiger partial charge in [0, 0.05) is 10.7 Å². The van der Waals surface area contributed by atoms with E-state index in [1.54, 1.807) is 12.1 Å². The standard InChI is InChI=1S/C18H16ClFN4O2S/c1-11-8-14(6-7-15(11)19)26-9-16-22-18(24-23-16)27-10-17(25)21-13-4-2-12(20)3-5-13/h2-8H,9-10H2,1H3,(H,21,25)(H,22,23,24). The minimum absolute atomic E-state index is 0.131. The Morgan fingerprint density at radius 2 is 2.07 bits per heavy atom. The molecular formula is C18H16ClFN4O2S. The van der Waals surface area contributed by atoms with E-state index in [2.05, 4.69) is 20.5 Å². The van der Waals surface area contributed by atoms with E-state index in [0.29, 0.717) is 27.4 Å². The summed E-state index contributed by atoms with van der Waals surface area (Å²) >= 11 is 7.17. The molecule has 0 aliphatic heterocycles. The number of aromatic nitrogens is 3. The van der Waals surface area contributed by atoms with Crippen LogP contribution in [0.25, 0.3) is 0 Å². The summed E-state index contributed by atoms with van der Waals surface area (Å²) in [4.78, 5) is 16.2. The number of carbonyl (C=O) groups is 1. The van der Waals surface area contributed by atoms with E-state index in [1.165, 1.54) is 36.0 Å². The quantitative estimate of drug-likeness (QED) is 0.574. The summed E-state index contributed by atoms with van der Waals surface area (Å²) in [5, 5.41) is 10.6. The fourth-order valence-electron chi connectivity index (χ4n) is 2.13. The molecule has 0 atom stereocenters. The Morgan fingerprint density at radius 3 is 2.81 bits per heavy atom. The van der Waals surface area contributed by atoms with E-state index in [4.69, 9.17) is 16.3 Å². The van der Waals surface area contributed by atoms with E-state index in [9.17, 15) is 9.18 Å². The lowest BCUT2D eigenvalue weighted by Crippen LogP contribution is -2.14. The number of thioether (sulfide) groups is 1. The first-order valence-electron chi connectivity index (χ1n) is 7.98. The van der Waals surface area contributed by atoms with Crippen LogP contribution in [0.1, 0.15) is 11.4 Å². The van der Waals surface area contributed by atoms with Crippen LogP contribution in [0.4, 0.5) is 10.1 Å². The van der Waals surface area contributed by atoms with Crippen molar-refractivity contribution >= 4 is 35.0 Å². The molecule has 140 valence electrons. The van der Waals surface area contributed by atoms with Crippen LogP contribution in [0.5, 0.6) is 5.75 Å². The topological polar surface area (TPSA) is 79.9 Å². The van der Waals surface area contributed by atoms with Gasteiger partial charge in [0.15, 0.2) is 5.82 Å². The smallest absolute Gasteiger partial charge is 0.234 e. The van der Waals surface area contributed by atoms with Crippen molar-refractivity contribution in [3.05, 3.63) is 64.7 Å². The van der Waals surface area contributed by atoms with E-state index in [1.807, 2.05) is 13.0 Å². The third-order valence-corrected chi connectivity index (χ3v) is 4.75. The molecule has 0 aliphatic rings. The number of ether oxygens (including phenoxy) is 1. The molecule has 2 aromatic carbocycles. The zero-order valence-corrected chi connectivity index (χ0v) is 15.9. The van der Waals surface area contributed by atoms with Gasteiger partial charge in [-0.1, -0.05) is 23.4 Å². The minimum Gasteiger partial charge on any atom is -0.486 e.